The molecule has 4 aromatic rings. The number of hydrogen-bond donors (Lipinski definition) is 3. The summed E-state index contributed by atoms with van der Waals surface area (Å²) in [4.78, 5) is 31.2. The first-order valence-electron chi connectivity index (χ1n) is 12.8. The van der Waals surface area contributed by atoms with Gasteiger partial charge in [-0.05, 0) is 59.2 Å². The number of hydrogen-bond acceptors (Lipinski definition) is 4. The van der Waals surface area contributed by atoms with Crippen LogP contribution in [0, 0.1) is 0 Å². The number of carbonyl (C=O) groups is 2. The number of aryl methyl sites for hydroxylation is 1. The van der Waals surface area contributed by atoms with E-state index in [1.807, 2.05) is 12.1 Å². The number of para-hydroxylation sites is 1. The molecule has 0 saturated heterocycles. The van der Waals surface area contributed by atoms with Gasteiger partial charge in [-0.3, -0.25) is 19.7 Å². The second-order valence-electron chi connectivity index (χ2n) is 9.97. The van der Waals surface area contributed by atoms with Crippen molar-refractivity contribution in [3.63, 3.8) is 0 Å². The summed E-state index contributed by atoms with van der Waals surface area (Å²) in [7, 11) is 3.52. The standard InChI is InChI=1S/C30H33N5O3/c1-33(2)30(37)24-18-25(31-19-24)20-35(16-15-34-14-13-22-5-3-4-6-27(22)34)28-11-9-23-17-21(7-10-26(23)28)8-12-29(36)32-38/h3-8,10,12-14,17-19,28,31,38H,9,11,15-16,20H2,1-2H3,(H,32,36)/b12-8+. The molecular weight excluding hydrogens is 478 g/mol. The van der Waals surface area contributed by atoms with E-state index in [-0.39, 0.29) is 11.9 Å². The minimum Gasteiger partial charge on any atom is -0.363 e. The number of nitrogens with one attached hydrogen (secondary N) is 2. The predicted molar refractivity (Wildman–Crippen MR) is 148 cm³/mol. The molecule has 0 saturated carbocycles. The Morgan fingerprint density at radius 1 is 1.16 bits per heavy atom. The normalized spacial score (nSPS) is 14.9. The number of amides is 2. The summed E-state index contributed by atoms with van der Waals surface area (Å²) in [6, 6.07) is 19.1. The van der Waals surface area contributed by atoms with Crippen LogP contribution >= 0.6 is 0 Å². The smallest absolute Gasteiger partial charge is 0.267 e. The van der Waals surface area contributed by atoms with Crippen molar-refractivity contribution in [1.29, 1.82) is 0 Å². The maximum Gasteiger partial charge on any atom is 0.267 e. The second-order valence-corrected chi connectivity index (χ2v) is 9.97. The number of H-pyrrole nitrogens is 1. The van der Waals surface area contributed by atoms with E-state index in [0.29, 0.717) is 12.1 Å². The minimum atomic E-state index is -0.551. The van der Waals surface area contributed by atoms with Gasteiger partial charge in [0.1, 0.15) is 0 Å². The molecule has 1 aliphatic carbocycles. The molecular formula is C30H33N5O3. The zero-order chi connectivity index (χ0) is 26.6. The van der Waals surface area contributed by atoms with E-state index in [0.717, 1.165) is 37.2 Å². The Labute approximate surface area is 222 Å². The molecule has 8 nitrogen and oxygen atoms in total. The van der Waals surface area contributed by atoms with Crippen molar-refractivity contribution in [2.24, 2.45) is 0 Å². The fourth-order valence-electron chi connectivity index (χ4n) is 5.36. The number of aromatic amines is 1. The molecule has 5 rings (SSSR count). The van der Waals surface area contributed by atoms with Crippen molar-refractivity contribution in [1.82, 2.24) is 24.8 Å². The fourth-order valence-corrected chi connectivity index (χ4v) is 5.36. The lowest BCUT2D eigenvalue weighted by atomic mass is 10.0. The van der Waals surface area contributed by atoms with E-state index in [1.54, 1.807) is 36.7 Å². The number of aromatic nitrogens is 2. The maximum atomic E-state index is 12.5. The Hall–Kier alpha value is -4.14. The Kier molecular flexibility index (Phi) is 7.44. The molecule has 196 valence electrons. The van der Waals surface area contributed by atoms with Crippen LogP contribution < -0.4 is 5.48 Å². The molecule has 2 amide bonds. The molecule has 0 bridgehead atoms. The number of rotatable bonds is 9. The van der Waals surface area contributed by atoms with Crippen molar-refractivity contribution in [2.75, 3.05) is 20.6 Å². The Bertz CT molecular complexity index is 1480. The molecule has 0 fully saturated rings. The van der Waals surface area contributed by atoms with Crippen molar-refractivity contribution < 1.29 is 14.8 Å². The van der Waals surface area contributed by atoms with Crippen LogP contribution in [0.2, 0.25) is 0 Å². The third kappa shape index (κ3) is 5.41. The number of nitrogens with zero attached hydrogens (tertiary/aromatic N) is 3. The zero-order valence-corrected chi connectivity index (χ0v) is 21.7. The van der Waals surface area contributed by atoms with Gasteiger partial charge in [0.25, 0.3) is 11.8 Å². The van der Waals surface area contributed by atoms with Crippen LogP contribution in [0.4, 0.5) is 0 Å². The van der Waals surface area contributed by atoms with Gasteiger partial charge in [-0.25, -0.2) is 5.48 Å². The first-order valence-corrected chi connectivity index (χ1v) is 12.8. The molecule has 2 aromatic heterocycles. The van der Waals surface area contributed by atoms with E-state index >= 15 is 0 Å². The van der Waals surface area contributed by atoms with Crippen molar-refractivity contribution >= 4 is 28.8 Å². The molecule has 2 aromatic carbocycles. The third-order valence-electron chi connectivity index (χ3n) is 7.27. The molecule has 1 aliphatic rings. The Morgan fingerprint density at radius 3 is 2.82 bits per heavy atom. The summed E-state index contributed by atoms with van der Waals surface area (Å²) in [6.45, 7) is 2.39. The minimum absolute atomic E-state index is 0.0143. The van der Waals surface area contributed by atoms with Gasteiger partial charge in [-0.2, -0.15) is 0 Å². The van der Waals surface area contributed by atoms with E-state index in [1.165, 1.54) is 28.1 Å². The molecule has 1 unspecified atom stereocenters. The van der Waals surface area contributed by atoms with Crippen molar-refractivity contribution in [3.05, 3.63) is 101 Å². The Morgan fingerprint density at radius 2 is 2.00 bits per heavy atom. The van der Waals surface area contributed by atoms with Crippen molar-refractivity contribution in [3.8, 4) is 0 Å². The molecule has 0 spiro atoms. The number of carbonyl (C=O) groups excluding carboxylic acids is 2. The second kappa shape index (κ2) is 11.1. The topological polar surface area (TPSA) is 93.6 Å². The highest BCUT2D eigenvalue weighted by molar-refractivity contribution is 5.94. The van der Waals surface area contributed by atoms with Gasteiger partial charge in [0.15, 0.2) is 0 Å². The van der Waals surface area contributed by atoms with Crippen LogP contribution in [-0.2, 0) is 24.3 Å². The summed E-state index contributed by atoms with van der Waals surface area (Å²) >= 11 is 0. The van der Waals surface area contributed by atoms with Crippen LogP contribution in [0.1, 0.15) is 45.2 Å². The summed E-state index contributed by atoms with van der Waals surface area (Å²) in [5, 5.41) is 9.97. The van der Waals surface area contributed by atoms with E-state index < -0.39 is 5.91 Å². The number of fused-ring (bicyclic) bond motifs is 2. The molecule has 0 aliphatic heterocycles. The van der Waals surface area contributed by atoms with Gasteiger partial charge in [0, 0.05) is 69.5 Å². The molecule has 8 heteroatoms. The monoisotopic (exact) mass is 511 g/mol. The van der Waals surface area contributed by atoms with Crippen LogP contribution in [0.3, 0.4) is 0 Å². The lowest BCUT2D eigenvalue weighted by molar-refractivity contribution is -0.124. The van der Waals surface area contributed by atoms with Crippen molar-refractivity contribution in [2.45, 2.75) is 32.0 Å². The lowest BCUT2D eigenvalue weighted by Gasteiger charge is -2.30. The summed E-state index contributed by atoms with van der Waals surface area (Å²) in [5.74, 6) is -0.565. The molecule has 0 radical (unpaired) electrons. The van der Waals surface area contributed by atoms with Gasteiger partial charge >= 0.3 is 0 Å². The van der Waals surface area contributed by atoms with E-state index in [9.17, 15) is 9.59 Å². The maximum absolute atomic E-state index is 12.5. The Balaban J connectivity index is 1.40. The fraction of sp³-hybridized carbons (Fsp3) is 0.267. The zero-order valence-electron chi connectivity index (χ0n) is 21.7. The van der Waals surface area contributed by atoms with E-state index in [4.69, 9.17) is 5.21 Å². The van der Waals surface area contributed by atoms with Crippen LogP contribution in [0.15, 0.2) is 73.1 Å². The van der Waals surface area contributed by atoms with Gasteiger partial charge in [0.05, 0.1) is 5.56 Å². The molecule has 3 N–H and O–H groups in total. The number of hydroxylamine groups is 1. The summed E-state index contributed by atoms with van der Waals surface area (Å²) in [6.07, 6.45) is 8.91. The largest absolute Gasteiger partial charge is 0.363 e. The van der Waals surface area contributed by atoms with E-state index in [2.05, 4.69) is 63.1 Å². The van der Waals surface area contributed by atoms with Gasteiger partial charge < -0.3 is 14.5 Å². The third-order valence-corrected chi connectivity index (χ3v) is 7.27. The molecule has 1 atom stereocenters. The van der Waals surface area contributed by atoms with Gasteiger partial charge in [-0.15, -0.1) is 0 Å². The average Bonchev–Trinajstić information content (AvgIpc) is 3.67. The first-order chi connectivity index (χ1) is 18.4. The molecule has 2 heterocycles. The number of benzene rings is 2. The predicted octanol–water partition coefficient (Wildman–Crippen LogP) is 4.38. The first kappa shape index (κ1) is 25.5. The quantitative estimate of drug-likeness (QED) is 0.177. The summed E-state index contributed by atoms with van der Waals surface area (Å²) in [5.41, 5.74) is 8.01. The highest BCUT2D eigenvalue weighted by Gasteiger charge is 2.28. The summed E-state index contributed by atoms with van der Waals surface area (Å²) < 4.78 is 2.30. The van der Waals surface area contributed by atoms with Crippen LogP contribution in [-0.4, -0.2) is 57.0 Å². The van der Waals surface area contributed by atoms with Crippen LogP contribution in [0.5, 0.6) is 0 Å². The lowest BCUT2D eigenvalue weighted by Crippen LogP contribution is -2.30. The SMILES string of the molecule is CN(C)C(=O)c1c[nH]c(CN(CCn2ccc3ccccc32)C2CCc3cc(/C=C/C(=O)NO)ccc32)c1. The highest BCUT2D eigenvalue weighted by Crippen LogP contribution is 2.37. The average molecular weight is 512 g/mol. The molecule has 38 heavy (non-hydrogen) atoms. The van der Waals surface area contributed by atoms with Gasteiger partial charge in [-0.1, -0.05) is 36.4 Å². The highest BCUT2D eigenvalue weighted by atomic mass is 16.5. The van der Waals surface area contributed by atoms with Crippen LogP contribution in [0.25, 0.3) is 17.0 Å². The van der Waals surface area contributed by atoms with Gasteiger partial charge in [0.2, 0.25) is 0 Å².